The van der Waals surface area contributed by atoms with Crippen LogP contribution in [0.25, 0.3) is 0 Å². The first kappa shape index (κ1) is 17.4. The average molecular weight is 345 g/mol. The average Bonchev–Trinajstić information content (AvgIpc) is 3.11. The molecule has 25 heavy (non-hydrogen) atoms. The third-order valence-electron chi connectivity index (χ3n) is 4.45. The number of hydrogen-bond donors (Lipinski definition) is 1. The molecule has 3 rings (SSSR count). The molecule has 1 aromatic heterocycles. The molecule has 0 amide bonds. The van der Waals surface area contributed by atoms with Gasteiger partial charge in [-0.15, -0.1) is 0 Å². The molecule has 0 saturated carbocycles. The predicted octanol–water partition coefficient (Wildman–Crippen LogP) is 1.37. The van der Waals surface area contributed by atoms with E-state index < -0.39 is 5.97 Å². The quantitative estimate of drug-likeness (QED) is 0.802. The van der Waals surface area contributed by atoms with Crippen molar-refractivity contribution in [2.45, 2.75) is 13.5 Å². The first-order chi connectivity index (χ1) is 12.2. The van der Waals surface area contributed by atoms with Crippen molar-refractivity contribution in [2.75, 3.05) is 44.8 Å². The number of nitrogens with one attached hydrogen (secondary N) is 1. The lowest BCUT2D eigenvalue weighted by Gasteiger charge is -2.34. The number of quaternary nitrogens is 1. The highest BCUT2D eigenvalue weighted by molar-refractivity contribution is 5.86. The number of methoxy groups -OCH3 is 1. The van der Waals surface area contributed by atoms with Gasteiger partial charge in [0.1, 0.15) is 12.3 Å². The Hall–Kier alpha value is -2.47. The second-order valence-corrected chi connectivity index (χ2v) is 6.07. The van der Waals surface area contributed by atoms with Crippen LogP contribution >= 0.6 is 0 Å². The first-order valence-corrected chi connectivity index (χ1v) is 8.68. The molecule has 1 aromatic carbocycles. The monoisotopic (exact) mass is 345 g/mol. The van der Waals surface area contributed by atoms with Crippen LogP contribution in [-0.4, -0.2) is 45.9 Å². The highest BCUT2D eigenvalue weighted by atomic mass is 16.5. The van der Waals surface area contributed by atoms with Crippen molar-refractivity contribution in [1.29, 1.82) is 0 Å². The van der Waals surface area contributed by atoms with E-state index in [1.165, 1.54) is 12.0 Å². The lowest BCUT2D eigenvalue weighted by atomic mass is 10.2. The van der Waals surface area contributed by atoms with Gasteiger partial charge in [0.15, 0.2) is 5.76 Å². The number of para-hydroxylation sites is 2. The maximum Gasteiger partial charge on any atom is 0.373 e. The van der Waals surface area contributed by atoms with Crippen molar-refractivity contribution in [2.24, 2.45) is 0 Å². The molecule has 1 aliphatic heterocycles. The number of rotatable bonds is 6. The van der Waals surface area contributed by atoms with Gasteiger partial charge in [-0.2, -0.15) is 0 Å². The normalized spacial score (nSPS) is 15.2. The summed E-state index contributed by atoms with van der Waals surface area (Å²) in [4.78, 5) is 15.3. The summed E-state index contributed by atoms with van der Waals surface area (Å²) in [5.74, 6) is 1.60. The van der Waals surface area contributed by atoms with E-state index in [1.807, 2.05) is 31.2 Å². The summed E-state index contributed by atoms with van der Waals surface area (Å²) in [5.41, 5.74) is 1.16. The molecule has 0 unspecified atom stereocenters. The standard InChI is InChI=1S/C19H24N2O4/c1-3-24-17-7-5-4-6-16(17)21-12-10-20(11-13-21)14-15-8-9-18(25-15)19(22)23-2/h4-9H,3,10-14H2,1-2H3/p+1. The second-order valence-electron chi connectivity index (χ2n) is 6.07. The van der Waals surface area contributed by atoms with Crippen LogP contribution < -0.4 is 14.5 Å². The Bertz CT molecular complexity index is 705. The van der Waals surface area contributed by atoms with Gasteiger partial charge in [-0.3, -0.25) is 0 Å². The fraction of sp³-hybridized carbons (Fsp3) is 0.421. The molecule has 0 radical (unpaired) electrons. The molecule has 1 aliphatic rings. The Morgan fingerprint density at radius 3 is 2.68 bits per heavy atom. The number of esters is 1. The molecule has 1 saturated heterocycles. The van der Waals surface area contributed by atoms with Gasteiger partial charge >= 0.3 is 5.97 Å². The Morgan fingerprint density at radius 1 is 1.20 bits per heavy atom. The molecule has 0 bridgehead atoms. The van der Waals surface area contributed by atoms with Crippen LogP contribution in [0.1, 0.15) is 23.2 Å². The molecule has 134 valence electrons. The zero-order valence-electron chi connectivity index (χ0n) is 14.8. The van der Waals surface area contributed by atoms with Crippen molar-refractivity contribution in [3.63, 3.8) is 0 Å². The fourth-order valence-electron chi connectivity index (χ4n) is 3.17. The van der Waals surface area contributed by atoms with Gasteiger partial charge < -0.3 is 23.7 Å². The van der Waals surface area contributed by atoms with Gasteiger partial charge in [0.2, 0.25) is 5.76 Å². The van der Waals surface area contributed by atoms with Crippen LogP contribution in [0, 0.1) is 0 Å². The Morgan fingerprint density at radius 2 is 1.96 bits per heavy atom. The molecule has 1 fully saturated rings. The molecule has 6 nitrogen and oxygen atoms in total. The molecule has 2 heterocycles. The van der Waals surface area contributed by atoms with Crippen molar-refractivity contribution < 1.29 is 23.6 Å². The van der Waals surface area contributed by atoms with Crippen LogP contribution in [0.5, 0.6) is 5.75 Å². The zero-order chi connectivity index (χ0) is 17.6. The fourth-order valence-corrected chi connectivity index (χ4v) is 3.17. The largest absolute Gasteiger partial charge is 0.492 e. The number of ether oxygens (including phenoxy) is 2. The van der Waals surface area contributed by atoms with E-state index in [1.54, 1.807) is 6.07 Å². The summed E-state index contributed by atoms with van der Waals surface area (Å²) in [6.07, 6.45) is 0. The Kier molecular flexibility index (Phi) is 5.60. The van der Waals surface area contributed by atoms with E-state index >= 15 is 0 Å². The number of furan rings is 1. The SMILES string of the molecule is CCOc1ccccc1N1CC[NH+](Cc2ccc(C(=O)OC)o2)CC1. The number of carbonyl (C=O) groups is 1. The van der Waals surface area contributed by atoms with Gasteiger partial charge in [-0.05, 0) is 31.2 Å². The molecular formula is C19H25N2O4+. The zero-order valence-corrected chi connectivity index (χ0v) is 14.8. The first-order valence-electron chi connectivity index (χ1n) is 8.68. The number of carbonyl (C=O) groups excluding carboxylic acids is 1. The van der Waals surface area contributed by atoms with Crippen molar-refractivity contribution >= 4 is 11.7 Å². The lowest BCUT2D eigenvalue weighted by molar-refractivity contribution is -0.915. The van der Waals surface area contributed by atoms with Gasteiger partial charge in [-0.1, -0.05) is 12.1 Å². The number of nitrogens with zero attached hydrogens (tertiary/aromatic N) is 1. The van der Waals surface area contributed by atoms with Crippen LogP contribution in [-0.2, 0) is 11.3 Å². The summed E-state index contributed by atoms with van der Waals surface area (Å²) in [7, 11) is 1.36. The highest BCUT2D eigenvalue weighted by Gasteiger charge is 2.23. The highest BCUT2D eigenvalue weighted by Crippen LogP contribution is 2.27. The maximum absolute atomic E-state index is 11.5. The van der Waals surface area contributed by atoms with Gasteiger partial charge in [-0.25, -0.2) is 4.79 Å². The summed E-state index contributed by atoms with van der Waals surface area (Å²) >= 11 is 0. The second kappa shape index (κ2) is 8.07. The van der Waals surface area contributed by atoms with Crippen molar-refractivity contribution in [1.82, 2.24) is 0 Å². The minimum Gasteiger partial charge on any atom is -0.492 e. The van der Waals surface area contributed by atoms with Crippen LogP contribution in [0.2, 0.25) is 0 Å². The smallest absolute Gasteiger partial charge is 0.373 e. The number of piperazine rings is 1. The van der Waals surface area contributed by atoms with Crippen molar-refractivity contribution in [3.8, 4) is 5.75 Å². The predicted molar refractivity (Wildman–Crippen MR) is 94.3 cm³/mol. The van der Waals surface area contributed by atoms with Crippen molar-refractivity contribution in [3.05, 3.63) is 47.9 Å². The summed E-state index contributed by atoms with van der Waals surface area (Å²) in [6.45, 7) is 7.39. The molecule has 0 spiro atoms. The third-order valence-corrected chi connectivity index (χ3v) is 4.45. The number of anilines is 1. The maximum atomic E-state index is 11.5. The molecule has 0 atom stereocenters. The van der Waals surface area contributed by atoms with E-state index in [-0.39, 0.29) is 5.76 Å². The lowest BCUT2D eigenvalue weighted by Crippen LogP contribution is -3.13. The Labute approximate surface area is 147 Å². The van der Waals surface area contributed by atoms with Gasteiger partial charge in [0.25, 0.3) is 0 Å². The molecule has 6 heteroatoms. The summed E-state index contributed by atoms with van der Waals surface area (Å²) in [5, 5.41) is 0. The van der Waals surface area contributed by atoms with Gasteiger partial charge in [0.05, 0.1) is 45.6 Å². The van der Waals surface area contributed by atoms with E-state index in [4.69, 9.17) is 9.15 Å². The number of hydrogen-bond acceptors (Lipinski definition) is 5. The molecular weight excluding hydrogens is 320 g/mol. The summed E-state index contributed by atoms with van der Waals surface area (Å²) < 4.78 is 16.0. The van der Waals surface area contributed by atoms with E-state index in [0.29, 0.717) is 6.61 Å². The van der Waals surface area contributed by atoms with Crippen LogP contribution in [0.15, 0.2) is 40.8 Å². The minimum absolute atomic E-state index is 0.265. The van der Waals surface area contributed by atoms with Crippen LogP contribution in [0.3, 0.4) is 0 Å². The van der Waals surface area contributed by atoms with E-state index in [9.17, 15) is 4.79 Å². The van der Waals surface area contributed by atoms with E-state index in [2.05, 4.69) is 15.7 Å². The minimum atomic E-state index is -0.432. The topological polar surface area (TPSA) is 56.4 Å². The number of benzene rings is 1. The Balaban J connectivity index is 1.57. The molecule has 2 aromatic rings. The summed E-state index contributed by atoms with van der Waals surface area (Å²) in [6, 6.07) is 11.7. The third kappa shape index (κ3) is 4.14. The van der Waals surface area contributed by atoms with Gasteiger partial charge in [0, 0.05) is 0 Å². The molecule has 1 N–H and O–H groups in total. The molecule has 0 aliphatic carbocycles. The van der Waals surface area contributed by atoms with Crippen LogP contribution in [0.4, 0.5) is 5.69 Å². The van der Waals surface area contributed by atoms with E-state index in [0.717, 1.165) is 49.9 Å².